The SMILES string of the molecule is CC(c1cncs1)N1CCOc2c(C(=O)O)cccc21. The first-order chi connectivity index (χ1) is 9.68. The second kappa shape index (κ2) is 5.13. The highest BCUT2D eigenvalue weighted by molar-refractivity contribution is 7.09. The summed E-state index contributed by atoms with van der Waals surface area (Å²) in [7, 11) is 0. The predicted molar refractivity (Wildman–Crippen MR) is 76.8 cm³/mol. The van der Waals surface area contributed by atoms with Crippen molar-refractivity contribution in [2.75, 3.05) is 18.1 Å². The topological polar surface area (TPSA) is 62.7 Å². The van der Waals surface area contributed by atoms with E-state index in [0.717, 1.165) is 17.1 Å². The molecule has 1 unspecified atom stereocenters. The number of rotatable bonds is 3. The van der Waals surface area contributed by atoms with Crippen LogP contribution >= 0.6 is 11.3 Å². The van der Waals surface area contributed by atoms with Gasteiger partial charge in [0.1, 0.15) is 12.2 Å². The molecular weight excluding hydrogens is 276 g/mol. The second-order valence-electron chi connectivity index (χ2n) is 4.58. The van der Waals surface area contributed by atoms with Gasteiger partial charge >= 0.3 is 5.97 Å². The number of hydrogen-bond acceptors (Lipinski definition) is 5. The second-order valence-corrected chi connectivity index (χ2v) is 5.50. The minimum atomic E-state index is -0.964. The van der Waals surface area contributed by atoms with Gasteiger partial charge in [-0.15, -0.1) is 11.3 Å². The number of aromatic nitrogens is 1. The molecule has 1 aromatic heterocycles. The van der Waals surface area contributed by atoms with Gasteiger partial charge in [0.25, 0.3) is 0 Å². The van der Waals surface area contributed by atoms with E-state index in [-0.39, 0.29) is 11.6 Å². The standard InChI is InChI=1S/C14H14N2O3S/c1-9(12-7-15-8-20-12)16-5-6-19-13-10(14(17)18)3-2-4-11(13)16/h2-4,7-9H,5-6H2,1H3,(H,17,18). The largest absolute Gasteiger partial charge is 0.489 e. The molecule has 20 heavy (non-hydrogen) atoms. The Labute approximate surface area is 120 Å². The molecule has 0 radical (unpaired) electrons. The normalized spacial score (nSPS) is 15.3. The molecule has 1 atom stereocenters. The van der Waals surface area contributed by atoms with Gasteiger partial charge in [-0.1, -0.05) is 6.07 Å². The van der Waals surface area contributed by atoms with Crippen molar-refractivity contribution in [3.8, 4) is 5.75 Å². The smallest absolute Gasteiger partial charge is 0.339 e. The van der Waals surface area contributed by atoms with E-state index in [1.54, 1.807) is 29.0 Å². The number of ether oxygens (including phenoxy) is 1. The summed E-state index contributed by atoms with van der Waals surface area (Å²) in [6.45, 7) is 3.31. The molecule has 1 aromatic carbocycles. The van der Waals surface area contributed by atoms with Crippen molar-refractivity contribution in [1.29, 1.82) is 0 Å². The van der Waals surface area contributed by atoms with Gasteiger partial charge in [0, 0.05) is 11.1 Å². The Morgan fingerprint density at radius 3 is 3.10 bits per heavy atom. The van der Waals surface area contributed by atoms with Gasteiger partial charge in [-0.2, -0.15) is 0 Å². The summed E-state index contributed by atoms with van der Waals surface area (Å²) in [6.07, 6.45) is 1.85. The van der Waals surface area contributed by atoms with Crippen molar-refractivity contribution in [1.82, 2.24) is 4.98 Å². The summed E-state index contributed by atoms with van der Waals surface area (Å²) in [6, 6.07) is 5.37. The summed E-state index contributed by atoms with van der Waals surface area (Å²) in [5.41, 5.74) is 2.85. The van der Waals surface area contributed by atoms with Crippen LogP contribution in [0.2, 0.25) is 0 Å². The molecule has 1 aliphatic heterocycles. The molecular formula is C14H14N2O3S. The van der Waals surface area contributed by atoms with Crippen molar-refractivity contribution in [2.45, 2.75) is 13.0 Å². The van der Waals surface area contributed by atoms with Gasteiger partial charge in [0.05, 0.1) is 23.8 Å². The summed E-state index contributed by atoms with van der Waals surface area (Å²) < 4.78 is 5.58. The number of fused-ring (bicyclic) bond motifs is 1. The summed E-state index contributed by atoms with van der Waals surface area (Å²) in [5, 5.41) is 9.24. The summed E-state index contributed by atoms with van der Waals surface area (Å²) in [4.78, 5) is 18.7. The number of anilines is 1. The number of para-hydroxylation sites is 1. The van der Waals surface area contributed by atoms with E-state index in [1.807, 2.05) is 12.3 Å². The van der Waals surface area contributed by atoms with Crippen LogP contribution in [0.4, 0.5) is 5.69 Å². The van der Waals surface area contributed by atoms with Crippen LogP contribution in [-0.2, 0) is 0 Å². The molecule has 3 rings (SSSR count). The molecule has 0 amide bonds. The maximum absolute atomic E-state index is 11.3. The fourth-order valence-electron chi connectivity index (χ4n) is 2.43. The first-order valence-corrected chi connectivity index (χ1v) is 7.20. The lowest BCUT2D eigenvalue weighted by molar-refractivity contribution is 0.0692. The molecule has 0 fully saturated rings. The third-order valence-corrected chi connectivity index (χ3v) is 4.39. The number of hydrogen-bond donors (Lipinski definition) is 1. The molecule has 2 heterocycles. The molecule has 0 saturated carbocycles. The van der Waals surface area contributed by atoms with E-state index in [1.165, 1.54) is 0 Å². The fourth-order valence-corrected chi connectivity index (χ4v) is 3.11. The highest BCUT2D eigenvalue weighted by Gasteiger charge is 2.27. The Balaban J connectivity index is 2.02. The van der Waals surface area contributed by atoms with E-state index in [2.05, 4.69) is 16.8 Å². The van der Waals surface area contributed by atoms with Crippen LogP contribution in [0.15, 0.2) is 29.9 Å². The van der Waals surface area contributed by atoms with E-state index < -0.39 is 5.97 Å². The van der Waals surface area contributed by atoms with Crippen LogP contribution in [0.25, 0.3) is 0 Å². The van der Waals surface area contributed by atoms with E-state index >= 15 is 0 Å². The van der Waals surface area contributed by atoms with E-state index in [4.69, 9.17) is 4.74 Å². The van der Waals surface area contributed by atoms with Gasteiger partial charge < -0.3 is 14.7 Å². The van der Waals surface area contributed by atoms with Gasteiger partial charge in [-0.25, -0.2) is 4.79 Å². The lowest BCUT2D eigenvalue weighted by atomic mass is 10.1. The molecule has 0 bridgehead atoms. The van der Waals surface area contributed by atoms with Gasteiger partial charge in [-0.05, 0) is 19.1 Å². The Morgan fingerprint density at radius 2 is 2.40 bits per heavy atom. The van der Waals surface area contributed by atoms with Gasteiger partial charge in [-0.3, -0.25) is 4.98 Å². The summed E-state index contributed by atoms with van der Waals surface area (Å²) in [5.74, 6) is -0.503. The third-order valence-electron chi connectivity index (χ3n) is 3.44. The number of carbonyl (C=O) groups is 1. The maximum Gasteiger partial charge on any atom is 0.339 e. The molecule has 0 aliphatic carbocycles. The lowest BCUT2D eigenvalue weighted by Crippen LogP contribution is -2.35. The number of carboxylic acids is 1. The van der Waals surface area contributed by atoms with Crippen LogP contribution in [-0.4, -0.2) is 29.2 Å². The first kappa shape index (κ1) is 12.9. The van der Waals surface area contributed by atoms with Crippen LogP contribution in [0.1, 0.15) is 28.2 Å². The average Bonchev–Trinajstić information content (AvgIpc) is 2.99. The fraction of sp³-hybridized carbons (Fsp3) is 0.286. The Hall–Kier alpha value is -2.08. The number of benzene rings is 1. The van der Waals surface area contributed by atoms with E-state index in [0.29, 0.717) is 12.4 Å². The zero-order chi connectivity index (χ0) is 14.1. The molecule has 2 aromatic rings. The zero-order valence-electron chi connectivity index (χ0n) is 10.9. The molecule has 1 aliphatic rings. The lowest BCUT2D eigenvalue weighted by Gasteiger charge is -2.35. The van der Waals surface area contributed by atoms with Crippen LogP contribution < -0.4 is 9.64 Å². The minimum Gasteiger partial charge on any atom is -0.489 e. The third kappa shape index (κ3) is 2.12. The number of aromatic carboxylic acids is 1. The van der Waals surface area contributed by atoms with Crippen LogP contribution in [0.3, 0.4) is 0 Å². The molecule has 5 nitrogen and oxygen atoms in total. The first-order valence-electron chi connectivity index (χ1n) is 6.32. The van der Waals surface area contributed by atoms with Crippen LogP contribution in [0.5, 0.6) is 5.75 Å². The molecule has 0 spiro atoms. The Morgan fingerprint density at radius 1 is 1.55 bits per heavy atom. The van der Waals surface area contributed by atoms with Gasteiger partial charge in [0.15, 0.2) is 5.75 Å². The predicted octanol–water partition coefficient (Wildman–Crippen LogP) is 2.80. The van der Waals surface area contributed by atoms with Crippen molar-refractivity contribution in [3.05, 3.63) is 40.3 Å². The minimum absolute atomic E-state index is 0.147. The molecule has 104 valence electrons. The summed E-state index contributed by atoms with van der Waals surface area (Å²) >= 11 is 1.60. The number of thiazole rings is 1. The maximum atomic E-state index is 11.3. The van der Waals surface area contributed by atoms with Crippen molar-refractivity contribution in [3.63, 3.8) is 0 Å². The van der Waals surface area contributed by atoms with Crippen LogP contribution in [0, 0.1) is 0 Å². The van der Waals surface area contributed by atoms with Crippen molar-refractivity contribution in [2.24, 2.45) is 0 Å². The van der Waals surface area contributed by atoms with Crippen molar-refractivity contribution >= 4 is 23.0 Å². The monoisotopic (exact) mass is 290 g/mol. The number of nitrogens with zero attached hydrogens (tertiary/aromatic N) is 2. The quantitative estimate of drug-likeness (QED) is 0.941. The molecule has 1 N–H and O–H groups in total. The molecule has 6 heteroatoms. The Bertz CT molecular complexity index is 627. The molecule has 0 saturated heterocycles. The highest BCUT2D eigenvalue weighted by Crippen LogP contribution is 2.39. The average molecular weight is 290 g/mol. The van der Waals surface area contributed by atoms with Gasteiger partial charge in [0.2, 0.25) is 0 Å². The zero-order valence-corrected chi connectivity index (χ0v) is 11.8. The van der Waals surface area contributed by atoms with Crippen molar-refractivity contribution < 1.29 is 14.6 Å². The van der Waals surface area contributed by atoms with E-state index in [9.17, 15) is 9.90 Å². The highest BCUT2D eigenvalue weighted by atomic mass is 32.1. The Kier molecular flexibility index (Phi) is 3.31. The number of carboxylic acid groups (broad SMARTS) is 1.